The molecule has 58 valence electrons. The Kier molecular flexibility index (Phi) is 5.03. The molecule has 0 fully saturated rings. The zero-order valence-corrected chi connectivity index (χ0v) is 6.94. The highest BCUT2D eigenvalue weighted by atomic mass is 35.5. The van der Waals surface area contributed by atoms with Crippen molar-refractivity contribution >= 4 is 17.6 Å². The number of ether oxygens (including phenoxy) is 1. The number of carbonyl (C=O) groups is 1. The molecule has 0 aromatic heterocycles. The molecule has 0 bridgehead atoms. The highest BCUT2D eigenvalue weighted by molar-refractivity contribution is 6.19. The van der Waals surface area contributed by atoms with Gasteiger partial charge >= 0.3 is 5.97 Å². The number of carbonyl (C=O) groups excluding carboxylic acids is 1. The zero-order chi connectivity index (χ0) is 7.98. The summed E-state index contributed by atoms with van der Waals surface area (Å²) in [5.41, 5.74) is 1.02. The van der Waals surface area contributed by atoms with E-state index in [1.54, 1.807) is 6.08 Å². The van der Waals surface area contributed by atoms with Gasteiger partial charge in [-0.3, -0.25) is 4.79 Å². The predicted molar refractivity (Wildman–Crippen MR) is 41.1 cm³/mol. The normalized spacial score (nSPS) is 11.3. The van der Waals surface area contributed by atoms with E-state index in [1.165, 1.54) is 6.92 Å². The van der Waals surface area contributed by atoms with E-state index in [1.807, 2.05) is 6.92 Å². The maximum atomic E-state index is 10.2. The van der Waals surface area contributed by atoms with Crippen molar-refractivity contribution in [1.82, 2.24) is 0 Å². The molecule has 0 aliphatic carbocycles. The molecule has 0 unspecified atom stereocenters. The molecule has 3 heteroatoms. The smallest absolute Gasteiger partial charge is 0.302 e. The van der Waals surface area contributed by atoms with E-state index in [2.05, 4.69) is 4.74 Å². The van der Waals surface area contributed by atoms with Gasteiger partial charge < -0.3 is 4.74 Å². The predicted octanol–water partition coefficient (Wildman–Crippen LogP) is 1.73. The molecule has 0 saturated carbocycles. The first-order valence-corrected chi connectivity index (χ1v) is 3.55. The Morgan fingerprint density at radius 2 is 2.20 bits per heavy atom. The summed E-state index contributed by atoms with van der Waals surface area (Å²) in [6.45, 7) is 3.59. The maximum Gasteiger partial charge on any atom is 0.302 e. The molecule has 0 N–H and O–H groups in total. The van der Waals surface area contributed by atoms with Crippen LogP contribution < -0.4 is 0 Å². The monoisotopic (exact) mass is 162 g/mol. The number of esters is 1. The number of alkyl halides is 1. The molecule has 0 heterocycles. The largest absolute Gasteiger partial charge is 0.462 e. The second-order valence-corrected chi connectivity index (χ2v) is 2.25. The lowest BCUT2D eigenvalue weighted by Crippen LogP contribution is -1.98. The molecule has 0 aliphatic heterocycles. The molecule has 0 spiro atoms. The topological polar surface area (TPSA) is 26.3 Å². The summed E-state index contributed by atoms with van der Waals surface area (Å²) in [6.07, 6.45) is 1.79. The number of rotatable bonds is 3. The van der Waals surface area contributed by atoms with E-state index in [-0.39, 0.29) is 5.97 Å². The molecular weight excluding hydrogens is 152 g/mol. The van der Waals surface area contributed by atoms with Crippen molar-refractivity contribution < 1.29 is 9.53 Å². The number of allylic oxidation sites excluding steroid dienone is 1. The van der Waals surface area contributed by atoms with Crippen molar-refractivity contribution in [3.8, 4) is 0 Å². The van der Waals surface area contributed by atoms with E-state index in [9.17, 15) is 4.79 Å². The lowest BCUT2D eigenvalue weighted by atomic mass is 10.3. The summed E-state index contributed by atoms with van der Waals surface area (Å²) in [7, 11) is 0. The van der Waals surface area contributed by atoms with Gasteiger partial charge in [-0.2, -0.15) is 0 Å². The van der Waals surface area contributed by atoms with E-state index < -0.39 is 0 Å². The van der Waals surface area contributed by atoms with Gasteiger partial charge in [0.1, 0.15) is 6.61 Å². The Morgan fingerprint density at radius 3 is 2.60 bits per heavy atom. The third-order valence-corrected chi connectivity index (χ3v) is 1.35. The van der Waals surface area contributed by atoms with E-state index in [0.29, 0.717) is 12.5 Å². The quantitative estimate of drug-likeness (QED) is 0.359. The van der Waals surface area contributed by atoms with Crippen LogP contribution in [0.4, 0.5) is 0 Å². The SMILES string of the molecule is CC(=O)OC/C=C(\C)CCl. The third-order valence-electron chi connectivity index (χ3n) is 0.929. The summed E-state index contributed by atoms with van der Waals surface area (Å²) >= 11 is 5.46. The Morgan fingerprint density at radius 1 is 1.60 bits per heavy atom. The molecule has 0 saturated heterocycles. The lowest BCUT2D eigenvalue weighted by Gasteiger charge is -1.96. The summed E-state index contributed by atoms with van der Waals surface area (Å²) < 4.78 is 4.64. The molecule has 0 atom stereocenters. The fraction of sp³-hybridized carbons (Fsp3) is 0.571. The molecule has 0 rings (SSSR count). The van der Waals surface area contributed by atoms with E-state index >= 15 is 0 Å². The van der Waals surface area contributed by atoms with Gasteiger partial charge in [0.2, 0.25) is 0 Å². The van der Waals surface area contributed by atoms with Crippen LogP contribution in [0, 0.1) is 0 Å². The van der Waals surface area contributed by atoms with Gasteiger partial charge in [0.15, 0.2) is 0 Å². The molecular formula is C7H11ClO2. The Bertz CT molecular complexity index is 141. The number of hydrogen-bond donors (Lipinski definition) is 0. The van der Waals surface area contributed by atoms with Crippen LogP contribution in [0.15, 0.2) is 11.6 Å². The van der Waals surface area contributed by atoms with E-state index in [0.717, 1.165) is 5.57 Å². The maximum absolute atomic E-state index is 10.2. The van der Waals surface area contributed by atoms with Crippen LogP contribution in [0.25, 0.3) is 0 Å². The standard InChI is InChI=1S/C7H11ClO2/c1-6(5-8)3-4-10-7(2)9/h3H,4-5H2,1-2H3/b6-3+. The minimum Gasteiger partial charge on any atom is -0.462 e. The number of hydrogen-bond acceptors (Lipinski definition) is 2. The average molecular weight is 163 g/mol. The van der Waals surface area contributed by atoms with Crippen molar-refractivity contribution in [3.63, 3.8) is 0 Å². The van der Waals surface area contributed by atoms with E-state index in [4.69, 9.17) is 11.6 Å². The highest BCUT2D eigenvalue weighted by Gasteiger charge is 1.88. The molecule has 0 aromatic carbocycles. The van der Waals surface area contributed by atoms with Crippen LogP contribution in [0.3, 0.4) is 0 Å². The van der Waals surface area contributed by atoms with Gasteiger partial charge in [0.05, 0.1) is 0 Å². The summed E-state index contributed by atoms with van der Waals surface area (Å²) in [6, 6.07) is 0. The van der Waals surface area contributed by atoms with Crippen LogP contribution >= 0.6 is 11.6 Å². The van der Waals surface area contributed by atoms with Gasteiger partial charge in [-0.15, -0.1) is 11.6 Å². The van der Waals surface area contributed by atoms with Gasteiger partial charge in [0.25, 0.3) is 0 Å². The zero-order valence-electron chi connectivity index (χ0n) is 6.19. The van der Waals surface area contributed by atoms with Gasteiger partial charge in [-0.1, -0.05) is 5.57 Å². The van der Waals surface area contributed by atoms with Gasteiger partial charge in [-0.25, -0.2) is 0 Å². The number of halogens is 1. The van der Waals surface area contributed by atoms with Crippen molar-refractivity contribution in [1.29, 1.82) is 0 Å². The molecule has 0 aromatic rings. The van der Waals surface area contributed by atoms with Crippen LogP contribution in [0.2, 0.25) is 0 Å². The first-order valence-electron chi connectivity index (χ1n) is 3.01. The van der Waals surface area contributed by atoms with Gasteiger partial charge in [-0.05, 0) is 13.0 Å². The van der Waals surface area contributed by atoms with Crippen molar-refractivity contribution in [2.75, 3.05) is 12.5 Å². The second-order valence-electron chi connectivity index (χ2n) is 1.99. The minimum atomic E-state index is -0.265. The highest BCUT2D eigenvalue weighted by Crippen LogP contribution is 1.94. The second kappa shape index (κ2) is 5.30. The molecule has 0 amide bonds. The summed E-state index contributed by atoms with van der Waals surface area (Å²) in [4.78, 5) is 10.2. The fourth-order valence-electron chi connectivity index (χ4n) is 0.356. The first kappa shape index (κ1) is 9.50. The van der Waals surface area contributed by atoms with Crippen molar-refractivity contribution in [2.24, 2.45) is 0 Å². The van der Waals surface area contributed by atoms with Crippen LogP contribution in [0.5, 0.6) is 0 Å². The van der Waals surface area contributed by atoms with Crippen molar-refractivity contribution in [2.45, 2.75) is 13.8 Å². The fourth-order valence-corrected chi connectivity index (χ4v) is 0.465. The molecule has 0 aliphatic rings. The Balaban J connectivity index is 3.43. The minimum absolute atomic E-state index is 0.265. The van der Waals surface area contributed by atoms with Gasteiger partial charge in [0, 0.05) is 12.8 Å². The average Bonchev–Trinajstić information content (AvgIpc) is 1.87. The molecule has 10 heavy (non-hydrogen) atoms. The first-order chi connectivity index (χ1) is 4.66. The Labute approximate surface area is 65.8 Å². The summed E-state index contributed by atoms with van der Waals surface area (Å²) in [5.74, 6) is 0.222. The summed E-state index contributed by atoms with van der Waals surface area (Å²) in [5, 5.41) is 0. The lowest BCUT2D eigenvalue weighted by molar-refractivity contribution is -0.139. The van der Waals surface area contributed by atoms with Crippen LogP contribution in [0.1, 0.15) is 13.8 Å². The molecule has 2 nitrogen and oxygen atoms in total. The van der Waals surface area contributed by atoms with Crippen LogP contribution in [-0.2, 0) is 9.53 Å². The van der Waals surface area contributed by atoms with Crippen LogP contribution in [-0.4, -0.2) is 18.5 Å². The van der Waals surface area contributed by atoms with Crippen molar-refractivity contribution in [3.05, 3.63) is 11.6 Å². The Hall–Kier alpha value is -0.500. The third kappa shape index (κ3) is 5.63. The molecule has 0 radical (unpaired) electrons.